The molecule has 0 saturated carbocycles. The summed E-state index contributed by atoms with van der Waals surface area (Å²) >= 11 is 1.13. The van der Waals surface area contributed by atoms with E-state index in [1.807, 2.05) is 30.3 Å². The van der Waals surface area contributed by atoms with Crippen molar-refractivity contribution in [3.63, 3.8) is 0 Å². The molecule has 0 unspecified atom stereocenters. The molecule has 28 heavy (non-hydrogen) atoms. The van der Waals surface area contributed by atoms with E-state index < -0.39 is 25.1 Å². The Balaban J connectivity index is 1.77. The maximum atomic E-state index is 13.1. The molecule has 8 heteroatoms. The van der Waals surface area contributed by atoms with Crippen molar-refractivity contribution in [1.82, 2.24) is 4.72 Å². The molecule has 5 nitrogen and oxygen atoms in total. The van der Waals surface area contributed by atoms with Gasteiger partial charge in [0.25, 0.3) is 0 Å². The Morgan fingerprint density at radius 3 is 2.07 bits per heavy atom. The van der Waals surface area contributed by atoms with Crippen LogP contribution >= 0.6 is 11.3 Å². The van der Waals surface area contributed by atoms with Gasteiger partial charge >= 0.3 is 0 Å². The van der Waals surface area contributed by atoms with Gasteiger partial charge in [-0.25, -0.2) is 21.6 Å². The van der Waals surface area contributed by atoms with Gasteiger partial charge in [0.1, 0.15) is 9.46 Å². The SMILES string of the molecule is O=S(=O)(CCc1ccccc1)NC[C@H](c1ccccc1)S(=O)(=O)c1cccs1. The molecular formula is C20H21NO4S3. The highest BCUT2D eigenvalue weighted by Crippen LogP contribution is 2.31. The monoisotopic (exact) mass is 435 g/mol. The molecule has 0 aliphatic rings. The Kier molecular flexibility index (Phi) is 6.66. The van der Waals surface area contributed by atoms with Crippen molar-refractivity contribution in [3.05, 3.63) is 89.3 Å². The molecule has 1 N–H and O–H groups in total. The molecule has 148 valence electrons. The number of aryl methyl sites for hydroxylation is 1. The van der Waals surface area contributed by atoms with E-state index >= 15 is 0 Å². The highest BCUT2D eigenvalue weighted by molar-refractivity contribution is 7.93. The fraction of sp³-hybridized carbons (Fsp3) is 0.200. The van der Waals surface area contributed by atoms with Gasteiger partial charge in [-0.15, -0.1) is 11.3 Å². The second-order valence-electron chi connectivity index (χ2n) is 6.28. The number of sulfonamides is 1. The van der Waals surface area contributed by atoms with Gasteiger partial charge in [-0.05, 0) is 29.0 Å². The van der Waals surface area contributed by atoms with E-state index in [-0.39, 0.29) is 16.5 Å². The van der Waals surface area contributed by atoms with Gasteiger partial charge in [-0.3, -0.25) is 0 Å². The van der Waals surface area contributed by atoms with E-state index in [1.54, 1.807) is 47.8 Å². The lowest BCUT2D eigenvalue weighted by atomic mass is 10.1. The van der Waals surface area contributed by atoms with E-state index in [9.17, 15) is 16.8 Å². The second-order valence-corrected chi connectivity index (χ2v) is 11.5. The van der Waals surface area contributed by atoms with E-state index in [4.69, 9.17) is 0 Å². The summed E-state index contributed by atoms with van der Waals surface area (Å²) in [5.74, 6) is -0.0996. The third kappa shape index (κ3) is 5.29. The Labute approximate surface area is 170 Å². The van der Waals surface area contributed by atoms with Crippen molar-refractivity contribution in [2.24, 2.45) is 0 Å². The Hall–Kier alpha value is -2.00. The van der Waals surface area contributed by atoms with Crippen molar-refractivity contribution in [2.75, 3.05) is 12.3 Å². The second kappa shape index (κ2) is 9.00. The first-order chi connectivity index (χ1) is 13.4. The van der Waals surface area contributed by atoms with Crippen molar-refractivity contribution in [2.45, 2.75) is 15.9 Å². The molecule has 0 spiro atoms. The van der Waals surface area contributed by atoms with E-state index in [1.165, 1.54) is 0 Å². The number of thiophene rings is 1. The summed E-state index contributed by atoms with van der Waals surface area (Å²) in [5, 5.41) is 0.706. The van der Waals surface area contributed by atoms with Crippen molar-refractivity contribution in [3.8, 4) is 0 Å². The first kappa shape index (κ1) is 20.7. The molecule has 0 aliphatic carbocycles. The molecular weight excluding hydrogens is 414 g/mol. The highest BCUT2D eigenvalue weighted by Gasteiger charge is 2.31. The number of benzene rings is 2. The Morgan fingerprint density at radius 1 is 0.821 bits per heavy atom. The van der Waals surface area contributed by atoms with Crippen molar-refractivity contribution < 1.29 is 16.8 Å². The van der Waals surface area contributed by atoms with Gasteiger partial charge in [0.15, 0.2) is 9.84 Å². The average molecular weight is 436 g/mol. The molecule has 0 amide bonds. The first-order valence-electron chi connectivity index (χ1n) is 8.72. The Morgan fingerprint density at radius 2 is 1.46 bits per heavy atom. The fourth-order valence-electron chi connectivity index (χ4n) is 2.81. The largest absolute Gasteiger partial charge is 0.222 e. The van der Waals surface area contributed by atoms with Crippen LogP contribution in [0.4, 0.5) is 0 Å². The van der Waals surface area contributed by atoms with E-state index in [0.29, 0.717) is 12.0 Å². The van der Waals surface area contributed by atoms with Gasteiger partial charge in [-0.1, -0.05) is 66.7 Å². The highest BCUT2D eigenvalue weighted by atomic mass is 32.2. The zero-order valence-corrected chi connectivity index (χ0v) is 17.5. The molecule has 3 rings (SSSR count). The summed E-state index contributed by atoms with van der Waals surface area (Å²) in [4.78, 5) is 0. The standard InChI is InChI=1S/C20H21NO4S3/c22-27(23,15-13-17-8-3-1-4-9-17)21-16-19(18-10-5-2-6-11-18)28(24,25)20-12-7-14-26-20/h1-12,14,19,21H,13,15-16H2/t19-/m1/s1. The van der Waals surface area contributed by atoms with Crippen LogP contribution in [0.5, 0.6) is 0 Å². The average Bonchev–Trinajstić information content (AvgIpc) is 3.24. The minimum absolute atomic E-state index is 0.0996. The summed E-state index contributed by atoms with van der Waals surface area (Å²) in [6.45, 7) is -0.207. The summed E-state index contributed by atoms with van der Waals surface area (Å²) in [6, 6.07) is 21.2. The molecule has 1 aromatic heterocycles. The molecule has 0 fully saturated rings. The maximum Gasteiger partial charge on any atom is 0.211 e. The van der Waals surface area contributed by atoms with Gasteiger partial charge in [-0.2, -0.15) is 0 Å². The van der Waals surface area contributed by atoms with Crippen LogP contribution in [0.3, 0.4) is 0 Å². The summed E-state index contributed by atoms with van der Waals surface area (Å²) < 4.78 is 53.8. The van der Waals surface area contributed by atoms with Crippen LogP contribution in [0.2, 0.25) is 0 Å². The van der Waals surface area contributed by atoms with Crippen LogP contribution in [0.25, 0.3) is 0 Å². The predicted octanol–water partition coefficient (Wildman–Crippen LogP) is 3.43. The van der Waals surface area contributed by atoms with Gasteiger partial charge in [0.05, 0.1) is 5.75 Å². The molecule has 0 aliphatic heterocycles. The lowest BCUT2D eigenvalue weighted by Gasteiger charge is -2.18. The number of hydrogen-bond donors (Lipinski definition) is 1. The van der Waals surface area contributed by atoms with Crippen LogP contribution in [-0.4, -0.2) is 29.1 Å². The molecule has 0 saturated heterocycles. The zero-order chi connectivity index (χ0) is 20.0. The number of hydrogen-bond acceptors (Lipinski definition) is 5. The normalized spacial score (nSPS) is 13.3. The van der Waals surface area contributed by atoms with Crippen molar-refractivity contribution >= 4 is 31.2 Å². The van der Waals surface area contributed by atoms with Gasteiger partial charge in [0, 0.05) is 6.54 Å². The summed E-state index contributed by atoms with van der Waals surface area (Å²) in [7, 11) is -7.33. The first-order valence-corrected chi connectivity index (χ1v) is 12.8. The minimum Gasteiger partial charge on any atom is -0.222 e. The van der Waals surface area contributed by atoms with Crippen LogP contribution in [0, 0.1) is 0 Å². The third-order valence-corrected chi connectivity index (χ3v) is 9.19. The van der Waals surface area contributed by atoms with Crippen LogP contribution in [0.1, 0.15) is 16.4 Å². The lowest BCUT2D eigenvalue weighted by molar-refractivity contribution is 0.569. The van der Waals surface area contributed by atoms with Crippen molar-refractivity contribution in [1.29, 1.82) is 0 Å². The summed E-state index contributed by atoms with van der Waals surface area (Å²) in [5.41, 5.74) is 1.47. The Bertz CT molecular complexity index is 1080. The molecule has 1 atom stereocenters. The van der Waals surface area contributed by atoms with Crippen LogP contribution < -0.4 is 4.72 Å². The molecule has 1 heterocycles. The fourth-order valence-corrected chi connectivity index (χ4v) is 6.85. The smallest absolute Gasteiger partial charge is 0.211 e. The van der Waals surface area contributed by atoms with E-state index in [0.717, 1.165) is 16.9 Å². The zero-order valence-electron chi connectivity index (χ0n) is 15.1. The third-order valence-electron chi connectivity index (χ3n) is 4.31. The molecule has 0 radical (unpaired) electrons. The topological polar surface area (TPSA) is 80.3 Å². The molecule has 0 bridgehead atoms. The molecule has 2 aromatic carbocycles. The van der Waals surface area contributed by atoms with Crippen LogP contribution in [-0.2, 0) is 26.3 Å². The van der Waals surface area contributed by atoms with E-state index in [2.05, 4.69) is 4.72 Å². The number of nitrogens with one attached hydrogen (secondary N) is 1. The summed E-state index contributed by atoms with van der Waals surface area (Å²) in [6.07, 6.45) is 0.365. The van der Waals surface area contributed by atoms with Crippen LogP contribution in [0.15, 0.2) is 82.4 Å². The predicted molar refractivity (Wildman–Crippen MR) is 113 cm³/mol. The number of rotatable bonds is 9. The lowest BCUT2D eigenvalue weighted by Crippen LogP contribution is -2.33. The quantitative estimate of drug-likeness (QED) is 0.558. The number of sulfone groups is 1. The minimum atomic E-state index is -3.71. The van der Waals surface area contributed by atoms with Gasteiger partial charge in [0.2, 0.25) is 10.0 Å². The molecule has 3 aromatic rings. The maximum absolute atomic E-state index is 13.1. The van der Waals surface area contributed by atoms with Gasteiger partial charge < -0.3 is 0 Å².